The SMILES string of the molecule is Cc1cc(Br)ccc1N1C(=O)/C(=C\c2cc(C)n(-c3ccc(Cl)cc3)c2C)C(=O)NC1=S. The zero-order valence-corrected chi connectivity index (χ0v) is 20.7. The maximum Gasteiger partial charge on any atom is 0.270 e. The number of amides is 2. The highest BCUT2D eigenvalue weighted by atomic mass is 79.9. The van der Waals surface area contributed by atoms with Gasteiger partial charge in [0.1, 0.15) is 5.57 Å². The van der Waals surface area contributed by atoms with Crippen molar-refractivity contribution in [2.45, 2.75) is 20.8 Å². The Morgan fingerprint density at radius 3 is 2.38 bits per heavy atom. The molecule has 8 heteroatoms. The summed E-state index contributed by atoms with van der Waals surface area (Å²) in [6, 6.07) is 15.0. The molecule has 3 aromatic rings. The van der Waals surface area contributed by atoms with E-state index in [1.54, 1.807) is 12.1 Å². The van der Waals surface area contributed by atoms with E-state index in [0.717, 1.165) is 32.7 Å². The van der Waals surface area contributed by atoms with Gasteiger partial charge in [0.05, 0.1) is 5.69 Å². The zero-order valence-electron chi connectivity index (χ0n) is 17.6. The lowest BCUT2D eigenvalue weighted by atomic mass is 10.1. The standard InChI is InChI=1S/C24H19BrClN3O2S/c1-13-10-17(25)4-9-21(13)29-23(31)20(22(30)27-24(29)32)12-16-11-14(2)28(15(16)3)19-7-5-18(26)6-8-19/h4-12H,1-3H3,(H,27,30,32)/b20-12-. The van der Waals surface area contributed by atoms with E-state index in [9.17, 15) is 9.59 Å². The normalized spacial score (nSPS) is 15.5. The van der Waals surface area contributed by atoms with Gasteiger partial charge in [0.2, 0.25) is 0 Å². The van der Waals surface area contributed by atoms with E-state index >= 15 is 0 Å². The molecule has 162 valence electrons. The van der Waals surface area contributed by atoms with Crippen molar-refractivity contribution in [1.29, 1.82) is 0 Å². The van der Waals surface area contributed by atoms with Crippen molar-refractivity contribution in [1.82, 2.24) is 9.88 Å². The molecule has 0 unspecified atom stereocenters. The minimum atomic E-state index is -0.512. The highest BCUT2D eigenvalue weighted by Crippen LogP contribution is 2.29. The minimum Gasteiger partial charge on any atom is -0.318 e. The van der Waals surface area contributed by atoms with Gasteiger partial charge in [-0.2, -0.15) is 0 Å². The summed E-state index contributed by atoms with van der Waals surface area (Å²) >= 11 is 14.8. The molecule has 2 aromatic carbocycles. The van der Waals surface area contributed by atoms with Gasteiger partial charge in [-0.3, -0.25) is 19.8 Å². The molecule has 1 fully saturated rings. The van der Waals surface area contributed by atoms with Crippen LogP contribution in [0.5, 0.6) is 0 Å². The summed E-state index contributed by atoms with van der Waals surface area (Å²) in [7, 11) is 0. The third-order valence-electron chi connectivity index (χ3n) is 5.36. The Labute approximate surface area is 204 Å². The summed E-state index contributed by atoms with van der Waals surface area (Å²) in [6.45, 7) is 5.80. The molecule has 0 saturated carbocycles. The Hall–Kier alpha value is -2.74. The van der Waals surface area contributed by atoms with Gasteiger partial charge in [0.15, 0.2) is 5.11 Å². The summed E-state index contributed by atoms with van der Waals surface area (Å²) in [5, 5.41) is 3.36. The fraction of sp³-hybridized carbons (Fsp3) is 0.125. The number of carbonyl (C=O) groups is 2. The Morgan fingerprint density at radius 2 is 1.72 bits per heavy atom. The monoisotopic (exact) mass is 527 g/mol. The molecule has 1 N–H and O–H groups in total. The second kappa shape index (κ2) is 8.65. The number of nitrogens with zero attached hydrogens (tertiary/aromatic N) is 2. The van der Waals surface area contributed by atoms with Gasteiger partial charge in [-0.15, -0.1) is 0 Å². The summed E-state index contributed by atoms with van der Waals surface area (Å²) in [5.41, 5.74) is 5.09. The Balaban J connectivity index is 1.77. The average molecular weight is 529 g/mol. The Kier molecular flexibility index (Phi) is 6.07. The van der Waals surface area contributed by atoms with Crippen LogP contribution in [0, 0.1) is 20.8 Å². The average Bonchev–Trinajstić information content (AvgIpc) is 3.00. The first-order chi connectivity index (χ1) is 15.2. The van der Waals surface area contributed by atoms with Crippen molar-refractivity contribution in [3.05, 3.63) is 86.1 Å². The molecule has 4 rings (SSSR count). The molecular formula is C24H19BrClN3O2S. The van der Waals surface area contributed by atoms with Crippen LogP contribution in [0.2, 0.25) is 5.02 Å². The van der Waals surface area contributed by atoms with E-state index in [1.165, 1.54) is 4.90 Å². The van der Waals surface area contributed by atoms with Gasteiger partial charge in [0, 0.05) is 26.6 Å². The first kappa shape index (κ1) is 22.5. The number of aryl methyl sites for hydroxylation is 2. The van der Waals surface area contributed by atoms with Crippen LogP contribution in [0.4, 0.5) is 5.69 Å². The number of nitrogens with one attached hydrogen (secondary N) is 1. The smallest absolute Gasteiger partial charge is 0.270 e. The largest absolute Gasteiger partial charge is 0.318 e. The molecule has 1 aromatic heterocycles. The predicted molar refractivity (Wildman–Crippen MR) is 135 cm³/mol. The molecule has 0 radical (unpaired) electrons. The molecule has 0 atom stereocenters. The Bertz CT molecular complexity index is 1310. The summed E-state index contributed by atoms with van der Waals surface area (Å²) in [6.07, 6.45) is 1.62. The third kappa shape index (κ3) is 4.03. The first-order valence-corrected chi connectivity index (χ1v) is 11.4. The number of rotatable bonds is 3. The zero-order chi connectivity index (χ0) is 23.2. The summed E-state index contributed by atoms with van der Waals surface area (Å²) in [4.78, 5) is 27.4. The summed E-state index contributed by atoms with van der Waals surface area (Å²) in [5.74, 6) is -0.970. The molecule has 32 heavy (non-hydrogen) atoms. The third-order valence-corrected chi connectivity index (χ3v) is 6.39. The van der Waals surface area contributed by atoms with E-state index in [0.29, 0.717) is 10.7 Å². The highest BCUT2D eigenvalue weighted by molar-refractivity contribution is 9.10. The number of hydrogen-bond acceptors (Lipinski definition) is 3. The van der Waals surface area contributed by atoms with E-state index < -0.39 is 11.8 Å². The molecule has 5 nitrogen and oxygen atoms in total. The fourth-order valence-electron chi connectivity index (χ4n) is 3.82. The van der Waals surface area contributed by atoms with Crippen molar-refractivity contribution in [3.63, 3.8) is 0 Å². The van der Waals surface area contributed by atoms with Gasteiger partial charge < -0.3 is 4.57 Å². The Morgan fingerprint density at radius 1 is 1.03 bits per heavy atom. The van der Waals surface area contributed by atoms with Crippen LogP contribution >= 0.6 is 39.7 Å². The number of halogens is 2. The number of thiocarbonyl (C=S) groups is 1. The van der Waals surface area contributed by atoms with Crippen LogP contribution in [0.25, 0.3) is 11.8 Å². The van der Waals surface area contributed by atoms with Crippen molar-refractivity contribution < 1.29 is 9.59 Å². The highest BCUT2D eigenvalue weighted by Gasteiger charge is 2.35. The number of benzene rings is 2. The maximum atomic E-state index is 13.4. The lowest BCUT2D eigenvalue weighted by molar-refractivity contribution is -0.122. The molecule has 1 saturated heterocycles. The number of aromatic nitrogens is 1. The van der Waals surface area contributed by atoms with E-state index in [1.807, 2.05) is 63.2 Å². The van der Waals surface area contributed by atoms with Crippen LogP contribution < -0.4 is 10.2 Å². The van der Waals surface area contributed by atoms with Crippen LogP contribution in [-0.4, -0.2) is 21.5 Å². The van der Waals surface area contributed by atoms with Gasteiger partial charge in [-0.25, -0.2) is 0 Å². The number of hydrogen-bond donors (Lipinski definition) is 1. The van der Waals surface area contributed by atoms with Crippen LogP contribution in [0.15, 0.2) is 58.6 Å². The van der Waals surface area contributed by atoms with Gasteiger partial charge in [-0.1, -0.05) is 27.5 Å². The molecule has 0 bridgehead atoms. The second-order valence-corrected chi connectivity index (χ2v) is 9.27. The van der Waals surface area contributed by atoms with Crippen LogP contribution in [0.1, 0.15) is 22.5 Å². The molecular weight excluding hydrogens is 510 g/mol. The summed E-state index contributed by atoms with van der Waals surface area (Å²) < 4.78 is 2.94. The van der Waals surface area contributed by atoms with Crippen molar-refractivity contribution in [2.75, 3.05) is 4.90 Å². The lowest BCUT2D eigenvalue weighted by Crippen LogP contribution is -2.54. The molecule has 0 aliphatic carbocycles. The predicted octanol–water partition coefficient (Wildman–Crippen LogP) is 5.65. The van der Waals surface area contributed by atoms with Crippen molar-refractivity contribution in [3.8, 4) is 5.69 Å². The van der Waals surface area contributed by atoms with E-state index in [2.05, 4.69) is 25.8 Å². The quantitative estimate of drug-likeness (QED) is 0.272. The van der Waals surface area contributed by atoms with E-state index in [4.69, 9.17) is 23.8 Å². The first-order valence-electron chi connectivity index (χ1n) is 9.80. The topological polar surface area (TPSA) is 54.3 Å². The molecule has 1 aliphatic heterocycles. The van der Waals surface area contributed by atoms with Gasteiger partial charge >= 0.3 is 0 Å². The fourth-order valence-corrected chi connectivity index (χ4v) is 4.70. The lowest BCUT2D eigenvalue weighted by Gasteiger charge is -2.30. The van der Waals surface area contributed by atoms with Crippen molar-refractivity contribution >= 4 is 68.4 Å². The van der Waals surface area contributed by atoms with Crippen LogP contribution in [-0.2, 0) is 9.59 Å². The molecule has 1 aliphatic rings. The van der Waals surface area contributed by atoms with Crippen LogP contribution in [0.3, 0.4) is 0 Å². The van der Waals surface area contributed by atoms with Crippen molar-refractivity contribution in [2.24, 2.45) is 0 Å². The molecule has 2 heterocycles. The number of carbonyl (C=O) groups excluding carboxylic acids is 2. The number of anilines is 1. The second-order valence-electron chi connectivity index (χ2n) is 7.53. The maximum absolute atomic E-state index is 13.4. The van der Waals surface area contributed by atoms with Gasteiger partial charge in [-0.05, 0) is 98.7 Å². The van der Waals surface area contributed by atoms with Gasteiger partial charge in [0.25, 0.3) is 11.8 Å². The van der Waals surface area contributed by atoms with E-state index in [-0.39, 0.29) is 10.7 Å². The minimum absolute atomic E-state index is 0.0253. The molecule has 2 amide bonds. The molecule has 0 spiro atoms.